The zero-order chi connectivity index (χ0) is 15.1. The Morgan fingerprint density at radius 2 is 2.05 bits per heavy atom. The predicted molar refractivity (Wildman–Crippen MR) is 89.5 cm³/mol. The van der Waals surface area contributed by atoms with Gasteiger partial charge in [0.15, 0.2) is 5.16 Å². The zero-order valence-electron chi connectivity index (χ0n) is 11.6. The quantitative estimate of drug-likeness (QED) is 0.679. The average Bonchev–Trinajstić information content (AvgIpc) is 3.04. The van der Waals surface area contributed by atoms with Crippen molar-refractivity contribution in [1.82, 2.24) is 9.66 Å². The summed E-state index contributed by atoms with van der Waals surface area (Å²) >= 11 is 2.93. The maximum atomic E-state index is 12.5. The number of nitrogens with zero attached hydrogens (tertiary/aromatic N) is 3. The van der Waals surface area contributed by atoms with Crippen LogP contribution in [0.25, 0.3) is 10.2 Å². The number of hydrogen-bond donors (Lipinski definition) is 0. The summed E-state index contributed by atoms with van der Waals surface area (Å²) in [5, 5.41) is 7.03. The van der Waals surface area contributed by atoms with E-state index < -0.39 is 0 Å². The number of thiophene rings is 1. The fourth-order valence-corrected chi connectivity index (χ4v) is 3.93. The molecule has 3 aromatic rings. The van der Waals surface area contributed by atoms with E-state index in [1.165, 1.54) is 27.8 Å². The molecule has 0 radical (unpaired) electrons. The molecule has 0 bridgehead atoms. The minimum atomic E-state index is -0.104. The third kappa shape index (κ3) is 2.13. The molecule has 5 nitrogen and oxygen atoms in total. The normalized spacial score (nSPS) is 13.8. The Kier molecular flexibility index (Phi) is 3.24. The van der Waals surface area contributed by atoms with E-state index in [1.807, 2.05) is 35.7 Å². The van der Waals surface area contributed by atoms with Gasteiger partial charge in [-0.25, -0.2) is 4.98 Å². The second-order valence-corrected chi connectivity index (χ2v) is 6.57. The first kappa shape index (κ1) is 13.5. The summed E-state index contributed by atoms with van der Waals surface area (Å²) < 4.78 is 7.21. The summed E-state index contributed by atoms with van der Waals surface area (Å²) in [6.45, 7) is 0. The summed E-state index contributed by atoms with van der Waals surface area (Å²) in [6, 6.07) is 9.55. The molecule has 0 fully saturated rings. The van der Waals surface area contributed by atoms with Crippen LogP contribution in [0.1, 0.15) is 5.56 Å². The van der Waals surface area contributed by atoms with Gasteiger partial charge in [0.05, 0.1) is 18.3 Å². The fourth-order valence-electron chi connectivity index (χ4n) is 2.27. The van der Waals surface area contributed by atoms with Gasteiger partial charge < -0.3 is 4.74 Å². The van der Waals surface area contributed by atoms with Gasteiger partial charge in [0.1, 0.15) is 10.4 Å². The molecular weight excluding hydrogens is 318 g/mol. The third-order valence-electron chi connectivity index (χ3n) is 3.41. The van der Waals surface area contributed by atoms with E-state index in [9.17, 15) is 4.79 Å². The predicted octanol–water partition coefficient (Wildman–Crippen LogP) is 2.82. The summed E-state index contributed by atoms with van der Waals surface area (Å²) in [7, 11) is 1.64. The molecule has 0 saturated heterocycles. The molecule has 0 atom stereocenters. The standard InChI is InChI=1S/C15H11N3O2S2/c1-20-10-4-2-9(3-5-10)12-8-22-15-16-11-6-7-21-13(11)14(19)18(15)17-12/h2-7H,8H2,1H3. The Morgan fingerprint density at radius 3 is 2.82 bits per heavy atom. The largest absolute Gasteiger partial charge is 0.497 e. The lowest BCUT2D eigenvalue weighted by Gasteiger charge is -2.15. The monoisotopic (exact) mass is 329 g/mol. The smallest absolute Gasteiger partial charge is 0.292 e. The molecule has 22 heavy (non-hydrogen) atoms. The highest BCUT2D eigenvalue weighted by atomic mass is 32.2. The van der Waals surface area contributed by atoms with Crippen molar-refractivity contribution in [3.05, 3.63) is 51.6 Å². The number of hydrogen-bond acceptors (Lipinski definition) is 6. The van der Waals surface area contributed by atoms with Crippen molar-refractivity contribution in [3.63, 3.8) is 0 Å². The van der Waals surface area contributed by atoms with E-state index in [0.717, 1.165) is 22.5 Å². The molecule has 1 aliphatic rings. The van der Waals surface area contributed by atoms with Gasteiger partial charge in [-0.2, -0.15) is 9.78 Å². The number of thioether (sulfide) groups is 1. The fraction of sp³-hybridized carbons (Fsp3) is 0.133. The van der Waals surface area contributed by atoms with Gasteiger partial charge in [0, 0.05) is 5.75 Å². The second-order valence-electron chi connectivity index (χ2n) is 4.71. The van der Waals surface area contributed by atoms with Gasteiger partial charge in [0.25, 0.3) is 5.56 Å². The average molecular weight is 329 g/mol. The Morgan fingerprint density at radius 1 is 1.23 bits per heavy atom. The van der Waals surface area contributed by atoms with Crippen LogP contribution in [0, 0.1) is 0 Å². The number of ether oxygens (including phenoxy) is 1. The Hall–Kier alpha value is -2.12. The molecule has 2 aromatic heterocycles. The van der Waals surface area contributed by atoms with Gasteiger partial charge in [-0.15, -0.1) is 11.3 Å². The summed E-state index contributed by atoms with van der Waals surface area (Å²) in [4.78, 5) is 17.0. The minimum Gasteiger partial charge on any atom is -0.497 e. The van der Waals surface area contributed by atoms with Crippen LogP contribution >= 0.6 is 23.1 Å². The van der Waals surface area contributed by atoms with Crippen molar-refractivity contribution in [3.8, 4) is 5.75 Å². The number of rotatable bonds is 2. The molecule has 0 N–H and O–H groups in total. The van der Waals surface area contributed by atoms with Gasteiger partial charge >= 0.3 is 0 Å². The van der Waals surface area contributed by atoms with Gasteiger partial charge in [0.2, 0.25) is 0 Å². The van der Waals surface area contributed by atoms with Crippen LogP contribution in [0.5, 0.6) is 5.75 Å². The number of methoxy groups -OCH3 is 1. The van der Waals surface area contributed by atoms with Crippen LogP contribution in [0.3, 0.4) is 0 Å². The number of aromatic nitrogens is 2. The van der Waals surface area contributed by atoms with E-state index in [-0.39, 0.29) is 5.56 Å². The van der Waals surface area contributed by atoms with Gasteiger partial charge in [-0.3, -0.25) is 4.79 Å². The molecule has 1 aromatic carbocycles. The van der Waals surface area contributed by atoms with E-state index in [2.05, 4.69) is 10.1 Å². The van der Waals surface area contributed by atoms with Crippen molar-refractivity contribution in [2.75, 3.05) is 12.9 Å². The van der Waals surface area contributed by atoms with Crippen molar-refractivity contribution in [2.24, 2.45) is 5.10 Å². The number of benzene rings is 1. The molecule has 110 valence electrons. The molecule has 4 rings (SSSR count). The lowest BCUT2D eigenvalue weighted by Crippen LogP contribution is -2.25. The van der Waals surface area contributed by atoms with Crippen molar-refractivity contribution in [1.29, 1.82) is 0 Å². The van der Waals surface area contributed by atoms with Crippen molar-refractivity contribution < 1.29 is 4.74 Å². The minimum absolute atomic E-state index is 0.104. The summed E-state index contributed by atoms with van der Waals surface area (Å²) in [6.07, 6.45) is 0. The van der Waals surface area contributed by atoms with E-state index in [0.29, 0.717) is 15.6 Å². The van der Waals surface area contributed by atoms with Crippen LogP contribution in [0.2, 0.25) is 0 Å². The molecule has 0 aliphatic carbocycles. The molecule has 0 unspecified atom stereocenters. The highest BCUT2D eigenvalue weighted by Gasteiger charge is 2.19. The third-order valence-corrected chi connectivity index (χ3v) is 5.24. The first-order valence-corrected chi connectivity index (χ1v) is 8.48. The Labute approximate surface area is 134 Å². The summed E-state index contributed by atoms with van der Waals surface area (Å²) in [5.41, 5.74) is 2.49. The first-order valence-electron chi connectivity index (χ1n) is 6.61. The molecule has 3 heterocycles. The lowest BCUT2D eigenvalue weighted by molar-refractivity contribution is 0.415. The SMILES string of the molecule is COc1ccc(C2=Nn3c(nc4ccsc4c3=O)SC2)cc1. The van der Waals surface area contributed by atoms with Crippen LogP contribution in [-0.2, 0) is 0 Å². The van der Waals surface area contributed by atoms with Gasteiger partial charge in [-0.1, -0.05) is 11.8 Å². The van der Waals surface area contributed by atoms with Crippen molar-refractivity contribution in [2.45, 2.75) is 5.16 Å². The van der Waals surface area contributed by atoms with E-state index >= 15 is 0 Å². The van der Waals surface area contributed by atoms with Crippen molar-refractivity contribution >= 4 is 39.0 Å². The molecule has 7 heteroatoms. The second kappa shape index (κ2) is 5.26. The van der Waals surface area contributed by atoms with Crippen LogP contribution in [0.15, 0.2) is 50.8 Å². The Balaban J connectivity index is 1.84. The maximum Gasteiger partial charge on any atom is 0.292 e. The lowest BCUT2D eigenvalue weighted by atomic mass is 10.1. The molecule has 0 saturated carbocycles. The van der Waals surface area contributed by atoms with E-state index in [4.69, 9.17) is 4.74 Å². The topological polar surface area (TPSA) is 56.5 Å². The van der Waals surface area contributed by atoms with E-state index in [1.54, 1.807) is 7.11 Å². The summed E-state index contributed by atoms with van der Waals surface area (Å²) in [5.74, 6) is 1.49. The maximum absolute atomic E-state index is 12.5. The number of fused-ring (bicyclic) bond motifs is 2. The zero-order valence-corrected chi connectivity index (χ0v) is 13.3. The van der Waals surface area contributed by atoms with Gasteiger partial charge in [-0.05, 0) is 41.3 Å². The molecule has 0 amide bonds. The van der Waals surface area contributed by atoms with Crippen LogP contribution in [-0.4, -0.2) is 28.2 Å². The molecule has 0 spiro atoms. The molecule has 1 aliphatic heterocycles. The first-order chi connectivity index (χ1) is 10.8. The highest BCUT2D eigenvalue weighted by Crippen LogP contribution is 2.25. The Bertz CT molecular complexity index is 942. The highest BCUT2D eigenvalue weighted by molar-refractivity contribution is 7.99. The van der Waals surface area contributed by atoms with Crippen LogP contribution < -0.4 is 10.3 Å². The molecular formula is C15H11N3O2S2. The van der Waals surface area contributed by atoms with Crippen LogP contribution in [0.4, 0.5) is 0 Å².